The highest BCUT2D eigenvalue weighted by molar-refractivity contribution is 6.44. The highest BCUT2D eigenvalue weighted by Gasteiger charge is 2.08. The van der Waals surface area contributed by atoms with E-state index in [4.69, 9.17) is 5.41 Å². The molecule has 0 heterocycles. The molecule has 1 N–H and O–H groups in total. The van der Waals surface area contributed by atoms with Crippen LogP contribution in [0.5, 0.6) is 0 Å². The van der Waals surface area contributed by atoms with Crippen molar-refractivity contribution < 1.29 is 4.79 Å². The van der Waals surface area contributed by atoms with E-state index in [1.807, 2.05) is 13.0 Å². The lowest BCUT2D eigenvalue weighted by molar-refractivity contribution is 0.106. The molecule has 2 heteroatoms. The van der Waals surface area contributed by atoms with Gasteiger partial charge in [0.1, 0.15) is 0 Å². The van der Waals surface area contributed by atoms with Gasteiger partial charge in [0.15, 0.2) is 0 Å². The first-order valence-electron chi connectivity index (χ1n) is 3.93. The minimum absolute atomic E-state index is 0.168. The molecule has 0 unspecified atom stereocenters. The molecule has 0 aliphatic heterocycles. The van der Waals surface area contributed by atoms with E-state index in [-0.39, 0.29) is 11.5 Å². The fourth-order valence-electron chi connectivity index (χ4n) is 0.924. The van der Waals surface area contributed by atoms with E-state index in [0.29, 0.717) is 12.0 Å². The molecule has 0 fully saturated rings. The molecule has 0 aliphatic rings. The molecular weight excluding hydrogens is 150 g/mol. The van der Waals surface area contributed by atoms with Crippen molar-refractivity contribution in [3.8, 4) is 0 Å². The third kappa shape index (κ3) is 1.78. The molecule has 0 aromatic heterocycles. The fourth-order valence-corrected chi connectivity index (χ4v) is 0.924. The fraction of sp³-hybridized carbons (Fsp3) is 0.200. The largest absolute Gasteiger partial charge is 0.301 e. The van der Waals surface area contributed by atoms with Crippen molar-refractivity contribution in [1.29, 1.82) is 5.41 Å². The summed E-state index contributed by atoms with van der Waals surface area (Å²) in [6.07, 6.45) is 0.494. The Kier molecular flexibility index (Phi) is 2.75. The molecular formula is C10H11NO. The number of hydrogen-bond acceptors (Lipinski definition) is 2. The predicted molar refractivity (Wildman–Crippen MR) is 48.8 cm³/mol. The molecule has 0 saturated heterocycles. The Bertz CT molecular complexity index is 290. The van der Waals surface area contributed by atoms with E-state index in [1.165, 1.54) is 0 Å². The molecule has 0 aliphatic carbocycles. The van der Waals surface area contributed by atoms with Gasteiger partial charge in [-0.3, -0.25) is 4.79 Å². The molecule has 0 amide bonds. The Morgan fingerprint density at radius 2 is 1.92 bits per heavy atom. The van der Waals surface area contributed by atoms with Crippen molar-refractivity contribution in [1.82, 2.24) is 0 Å². The van der Waals surface area contributed by atoms with Crippen LogP contribution in [0.2, 0.25) is 0 Å². The quantitative estimate of drug-likeness (QED) is 0.536. The van der Waals surface area contributed by atoms with Gasteiger partial charge in [-0.25, -0.2) is 0 Å². The molecule has 0 bridgehead atoms. The molecule has 1 rings (SSSR count). The Balaban J connectivity index is 2.86. The highest BCUT2D eigenvalue weighted by atomic mass is 16.1. The Hall–Kier alpha value is -1.44. The Morgan fingerprint density at radius 1 is 1.33 bits per heavy atom. The zero-order valence-corrected chi connectivity index (χ0v) is 7.00. The van der Waals surface area contributed by atoms with Crippen molar-refractivity contribution in [2.45, 2.75) is 13.3 Å². The highest BCUT2D eigenvalue weighted by Crippen LogP contribution is 2.01. The van der Waals surface area contributed by atoms with Crippen LogP contribution in [0.3, 0.4) is 0 Å². The van der Waals surface area contributed by atoms with Gasteiger partial charge >= 0.3 is 0 Å². The Labute approximate surface area is 71.7 Å². The lowest BCUT2D eigenvalue weighted by Crippen LogP contribution is -2.11. The summed E-state index contributed by atoms with van der Waals surface area (Å²) in [6, 6.07) is 8.91. The van der Waals surface area contributed by atoms with Crippen LogP contribution in [0.15, 0.2) is 30.3 Å². The van der Waals surface area contributed by atoms with Gasteiger partial charge in [-0.2, -0.15) is 0 Å². The first-order valence-corrected chi connectivity index (χ1v) is 3.93. The van der Waals surface area contributed by atoms with Crippen LogP contribution in [0.4, 0.5) is 0 Å². The van der Waals surface area contributed by atoms with Crippen LogP contribution in [-0.4, -0.2) is 11.5 Å². The number of hydrogen-bond donors (Lipinski definition) is 1. The van der Waals surface area contributed by atoms with Gasteiger partial charge in [-0.1, -0.05) is 37.3 Å². The van der Waals surface area contributed by atoms with Crippen molar-refractivity contribution >= 4 is 11.5 Å². The van der Waals surface area contributed by atoms with Crippen LogP contribution >= 0.6 is 0 Å². The predicted octanol–water partition coefficient (Wildman–Crippen LogP) is 2.30. The maximum atomic E-state index is 11.4. The molecule has 2 nitrogen and oxygen atoms in total. The number of nitrogens with one attached hydrogen (secondary N) is 1. The number of ketones is 1. The third-order valence-corrected chi connectivity index (χ3v) is 1.66. The van der Waals surface area contributed by atoms with Gasteiger partial charge < -0.3 is 5.41 Å². The lowest BCUT2D eigenvalue weighted by Gasteiger charge is -1.98. The van der Waals surface area contributed by atoms with Gasteiger partial charge in [0.25, 0.3) is 0 Å². The van der Waals surface area contributed by atoms with E-state index in [2.05, 4.69) is 0 Å². The smallest absolute Gasteiger partial charge is 0.206 e. The second-order valence-corrected chi connectivity index (χ2v) is 2.53. The van der Waals surface area contributed by atoms with E-state index < -0.39 is 0 Å². The minimum atomic E-state index is -0.168. The van der Waals surface area contributed by atoms with Gasteiger partial charge in [-0.05, 0) is 6.42 Å². The summed E-state index contributed by atoms with van der Waals surface area (Å²) >= 11 is 0. The normalized spacial score (nSPS) is 9.42. The van der Waals surface area contributed by atoms with Crippen LogP contribution in [0.25, 0.3) is 0 Å². The van der Waals surface area contributed by atoms with Gasteiger partial charge in [-0.15, -0.1) is 0 Å². The van der Waals surface area contributed by atoms with E-state index in [1.54, 1.807) is 24.3 Å². The average molecular weight is 161 g/mol. The maximum absolute atomic E-state index is 11.4. The van der Waals surface area contributed by atoms with Crippen molar-refractivity contribution in [2.24, 2.45) is 0 Å². The summed E-state index contributed by atoms with van der Waals surface area (Å²) in [4.78, 5) is 11.4. The standard InChI is InChI=1S/C10H11NO/c1-2-9(11)10(12)8-6-4-3-5-7-8/h3-7,11H,2H2,1H3. The van der Waals surface area contributed by atoms with Gasteiger partial charge in [0, 0.05) is 5.56 Å². The first kappa shape index (κ1) is 8.65. The van der Waals surface area contributed by atoms with Gasteiger partial charge in [0.2, 0.25) is 5.78 Å². The number of carbonyl (C=O) groups excluding carboxylic acids is 1. The molecule has 12 heavy (non-hydrogen) atoms. The number of benzene rings is 1. The number of rotatable bonds is 3. The van der Waals surface area contributed by atoms with Crippen LogP contribution in [-0.2, 0) is 0 Å². The van der Waals surface area contributed by atoms with Gasteiger partial charge in [0.05, 0.1) is 5.71 Å². The average Bonchev–Trinajstić information content (AvgIpc) is 2.17. The molecule has 0 saturated carbocycles. The monoisotopic (exact) mass is 161 g/mol. The molecule has 1 aromatic carbocycles. The van der Waals surface area contributed by atoms with Crippen LogP contribution < -0.4 is 0 Å². The summed E-state index contributed by atoms with van der Waals surface area (Å²) in [6.45, 7) is 1.81. The molecule has 0 atom stereocenters. The first-order chi connectivity index (χ1) is 5.75. The van der Waals surface area contributed by atoms with E-state index >= 15 is 0 Å². The zero-order chi connectivity index (χ0) is 8.97. The molecule has 62 valence electrons. The maximum Gasteiger partial charge on any atom is 0.206 e. The molecule has 0 spiro atoms. The van der Waals surface area contributed by atoms with Crippen molar-refractivity contribution in [3.63, 3.8) is 0 Å². The summed E-state index contributed by atoms with van der Waals surface area (Å²) in [5.41, 5.74) is 0.769. The summed E-state index contributed by atoms with van der Waals surface area (Å²) in [5, 5.41) is 7.33. The van der Waals surface area contributed by atoms with E-state index in [0.717, 1.165) is 0 Å². The lowest BCUT2D eigenvalue weighted by atomic mass is 10.1. The van der Waals surface area contributed by atoms with Crippen LogP contribution in [0.1, 0.15) is 23.7 Å². The van der Waals surface area contributed by atoms with Crippen LogP contribution in [0, 0.1) is 5.41 Å². The Morgan fingerprint density at radius 3 is 2.42 bits per heavy atom. The summed E-state index contributed by atoms with van der Waals surface area (Å²) in [5.74, 6) is -0.168. The zero-order valence-electron chi connectivity index (χ0n) is 7.00. The SMILES string of the molecule is CCC(=N)C(=O)c1ccccc1. The number of carbonyl (C=O) groups is 1. The third-order valence-electron chi connectivity index (χ3n) is 1.66. The second kappa shape index (κ2) is 3.81. The topological polar surface area (TPSA) is 40.9 Å². The summed E-state index contributed by atoms with van der Waals surface area (Å²) < 4.78 is 0. The van der Waals surface area contributed by atoms with Crippen molar-refractivity contribution in [3.05, 3.63) is 35.9 Å². The van der Waals surface area contributed by atoms with Crippen molar-refractivity contribution in [2.75, 3.05) is 0 Å². The minimum Gasteiger partial charge on any atom is -0.301 e. The number of Topliss-reactive ketones (excluding diaryl/α,β-unsaturated/α-hetero) is 1. The molecule has 0 radical (unpaired) electrons. The van der Waals surface area contributed by atoms with E-state index in [9.17, 15) is 4.79 Å². The summed E-state index contributed by atoms with van der Waals surface area (Å²) in [7, 11) is 0. The second-order valence-electron chi connectivity index (χ2n) is 2.53. The molecule has 1 aromatic rings.